The van der Waals surface area contributed by atoms with E-state index in [9.17, 15) is 0 Å². The molecule has 0 rings (SSSR count). The summed E-state index contributed by atoms with van der Waals surface area (Å²) in [6.07, 6.45) is -3.67. The second-order valence-electron chi connectivity index (χ2n) is 0.565. The Balaban J connectivity index is -0.0000000300. The minimum atomic E-state index is -1.83. The van der Waals surface area contributed by atoms with Crippen LogP contribution in [0.15, 0.2) is 0 Å². The average molecular weight is 208 g/mol. The molecule has 0 amide bonds. The van der Waals surface area contributed by atoms with Crippen LogP contribution in [0.2, 0.25) is 0 Å². The van der Waals surface area contributed by atoms with Crippen molar-refractivity contribution in [3.63, 3.8) is 0 Å². The van der Waals surface area contributed by atoms with Gasteiger partial charge in [0.15, 0.2) is 0 Å². The molecule has 0 saturated heterocycles. The van der Waals surface area contributed by atoms with Gasteiger partial charge in [0.05, 0.1) is 0 Å². The van der Waals surface area contributed by atoms with Crippen LogP contribution in [0.4, 0.5) is 9.59 Å². The average Bonchev–Trinajstić information content (AvgIpc) is 1.25. The van der Waals surface area contributed by atoms with Gasteiger partial charge in [-0.3, -0.25) is 0 Å². The van der Waals surface area contributed by atoms with E-state index in [4.69, 9.17) is 30.0 Å². The van der Waals surface area contributed by atoms with Crippen molar-refractivity contribution in [1.82, 2.24) is 0 Å². The van der Waals surface area contributed by atoms with Crippen molar-refractivity contribution in [3.8, 4) is 0 Å². The van der Waals surface area contributed by atoms with Crippen molar-refractivity contribution < 1.29 is 30.0 Å². The fourth-order valence-electron chi connectivity index (χ4n) is 0. The van der Waals surface area contributed by atoms with Gasteiger partial charge < -0.3 is 20.4 Å². The van der Waals surface area contributed by atoms with Crippen molar-refractivity contribution in [2.45, 2.75) is 0 Å². The monoisotopic (exact) mass is 208 g/mol. The maximum atomic E-state index is 8.56. The molecule has 0 spiro atoms. The number of hydrogen-bond acceptors (Lipinski definition) is 2. The molecule has 0 aliphatic rings. The summed E-state index contributed by atoms with van der Waals surface area (Å²) in [5.41, 5.74) is 0. The standard InChI is InChI=1S/2CH2O3.2Ca.4H/c2*2-1(3)4;;;;;;/h2*(H2,2,3,4);;;;;;. The minimum absolute atomic E-state index is 0. The quantitative estimate of drug-likeness (QED) is 0.364. The summed E-state index contributed by atoms with van der Waals surface area (Å²) in [7, 11) is 0. The van der Waals surface area contributed by atoms with E-state index >= 15 is 0 Å². The zero-order valence-corrected chi connectivity index (χ0v) is 3.61. The number of hydrogen-bond donors (Lipinski definition) is 4. The second-order valence-corrected chi connectivity index (χ2v) is 0.565. The third kappa shape index (κ3) is 524. The molecule has 0 aromatic carbocycles. The van der Waals surface area contributed by atoms with Gasteiger partial charge in [-0.2, -0.15) is 0 Å². The Bertz CT molecular complexity index is 71.7. The van der Waals surface area contributed by atoms with E-state index in [-0.39, 0.29) is 75.5 Å². The zero-order valence-electron chi connectivity index (χ0n) is 3.61. The summed E-state index contributed by atoms with van der Waals surface area (Å²) >= 11 is 0. The summed E-state index contributed by atoms with van der Waals surface area (Å²) in [6, 6.07) is 0. The third-order valence-corrected chi connectivity index (χ3v) is 0. The number of carboxylic acid groups (broad SMARTS) is 4. The summed E-state index contributed by atoms with van der Waals surface area (Å²) in [6.45, 7) is 0. The van der Waals surface area contributed by atoms with Crippen molar-refractivity contribution in [3.05, 3.63) is 0 Å². The predicted octanol–water partition coefficient (Wildman–Crippen LogP) is -1.39. The van der Waals surface area contributed by atoms with Crippen molar-refractivity contribution in [2.75, 3.05) is 0 Å². The van der Waals surface area contributed by atoms with Crippen LogP contribution in [0.25, 0.3) is 0 Å². The molecule has 0 aliphatic heterocycles. The zero-order chi connectivity index (χ0) is 7.15. The van der Waals surface area contributed by atoms with Gasteiger partial charge in [0.25, 0.3) is 0 Å². The van der Waals surface area contributed by atoms with E-state index < -0.39 is 12.3 Å². The number of carbonyl (C=O) groups is 2. The van der Waals surface area contributed by atoms with Crippen LogP contribution < -0.4 is 0 Å². The first-order valence-electron chi connectivity index (χ1n) is 1.30. The van der Waals surface area contributed by atoms with E-state index in [1.54, 1.807) is 0 Å². The fourth-order valence-corrected chi connectivity index (χ4v) is 0. The Morgan fingerprint density at radius 3 is 0.700 bits per heavy atom. The van der Waals surface area contributed by atoms with Gasteiger partial charge in [0.1, 0.15) is 0 Å². The molecule has 0 saturated carbocycles. The normalized spacial score (nSPS) is 4.80. The molecule has 8 heteroatoms. The Labute approximate surface area is 116 Å². The van der Waals surface area contributed by atoms with Crippen LogP contribution in [-0.2, 0) is 0 Å². The predicted molar refractivity (Wildman–Crippen MR) is 38.4 cm³/mol. The molecule has 4 N–H and O–H groups in total. The van der Waals surface area contributed by atoms with Crippen LogP contribution in [-0.4, -0.2) is 108 Å². The first-order valence-corrected chi connectivity index (χ1v) is 1.30. The molecule has 6 nitrogen and oxygen atoms in total. The first kappa shape index (κ1) is 22.5. The van der Waals surface area contributed by atoms with Crippen LogP contribution in [0.1, 0.15) is 0 Å². The maximum absolute atomic E-state index is 8.56. The Morgan fingerprint density at radius 2 is 0.700 bits per heavy atom. The van der Waals surface area contributed by atoms with E-state index in [2.05, 4.69) is 0 Å². The molecular weight excluding hydrogens is 200 g/mol. The van der Waals surface area contributed by atoms with Gasteiger partial charge in [-0.05, 0) is 0 Å². The molecule has 0 radical (unpaired) electrons. The van der Waals surface area contributed by atoms with Crippen LogP contribution >= 0.6 is 0 Å². The Hall–Kier alpha value is 1.06. The molecule has 0 fully saturated rings. The van der Waals surface area contributed by atoms with Gasteiger partial charge in [0.2, 0.25) is 0 Å². The SMILES string of the molecule is O=C(O)O.O=C(O)O.[CaH2].[CaH2]. The van der Waals surface area contributed by atoms with Crippen molar-refractivity contribution in [2.24, 2.45) is 0 Å². The van der Waals surface area contributed by atoms with E-state index in [0.29, 0.717) is 0 Å². The molecule has 0 atom stereocenters. The second kappa shape index (κ2) is 16.6. The Morgan fingerprint density at radius 1 is 0.700 bits per heavy atom. The van der Waals surface area contributed by atoms with Gasteiger partial charge in [-0.25, -0.2) is 9.59 Å². The van der Waals surface area contributed by atoms with E-state index in [0.717, 1.165) is 0 Å². The molecule has 0 heterocycles. The molecule has 0 bridgehead atoms. The first-order chi connectivity index (χ1) is 3.46. The van der Waals surface area contributed by atoms with Gasteiger partial charge >= 0.3 is 87.8 Å². The molecule has 0 aromatic rings. The van der Waals surface area contributed by atoms with Gasteiger partial charge in [-0.15, -0.1) is 0 Å². The molecule has 0 aliphatic carbocycles. The van der Waals surface area contributed by atoms with Crippen LogP contribution in [0.5, 0.6) is 0 Å². The third-order valence-electron chi connectivity index (χ3n) is 0. The molecule has 56 valence electrons. The topological polar surface area (TPSA) is 115 Å². The molecular formula is C2H8Ca2O6. The summed E-state index contributed by atoms with van der Waals surface area (Å²) in [4.78, 5) is 17.1. The summed E-state index contributed by atoms with van der Waals surface area (Å²) in [5.74, 6) is 0. The van der Waals surface area contributed by atoms with Crippen LogP contribution in [0.3, 0.4) is 0 Å². The summed E-state index contributed by atoms with van der Waals surface area (Å²) < 4.78 is 0. The Kier molecular flexibility index (Phi) is 37.2. The van der Waals surface area contributed by atoms with Gasteiger partial charge in [0, 0.05) is 0 Å². The van der Waals surface area contributed by atoms with E-state index in [1.807, 2.05) is 0 Å². The molecule has 0 unspecified atom stereocenters. The number of rotatable bonds is 0. The van der Waals surface area contributed by atoms with E-state index in [1.165, 1.54) is 0 Å². The van der Waals surface area contributed by atoms with Crippen LogP contribution in [0, 0.1) is 0 Å². The summed E-state index contributed by atoms with van der Waals surface area (Å²) in [5, 5.41) is 27.9. The van der Waals surface area contributed by atoms with Crippen molar-refractivity contribution in [1.29, 1.82) is 0 Å². The molecule has 0 aromatic heterocycles. The molecule has 10 heavy (non-hydrogen) atoms. The van der Waals surface area contributed by atoms with Gasteiger partial charge in [-0.1, -0.05) is 0 Å². The van der Waals surface area contributed by atoms with Crippen molar-refractivity contribution >= 4 is 87.8 Å². The fraction of sp³-hybridized carbons (Fsp3) is 0.